The predicted octanol–water partition coefficient (Wildman–Crippen LogP) is 4.09. The van der Waals surface area contributed by atoms with Crippen molar-refractivity contribution in [3.63, 3.8) is 0 Å². The lowest BCUT2D eigenvalue weighted by Gasteiger charge is -2.33. The van der Waals surface area contributed by atoms with Crippen molar-refractivity contribution in [1.29, 1.82) is 0 Å². The smallest absolute Gasteiger partial charge is 0.212 e. The van der Waals surface area contributed by atoms with Gasteiger partial charge in [-0.05, 0) is 11.1 Å². The van der Waals surface area contributed by atoms with Gasteiger partial charge in [0.1, 0.15) is 5.69 Å². The molecule has 0 unspecified atom stereocenters. The summed E-state index contributed by atoms with van der Waals surface area (Å²) in [6.07, 6.45) is -0.208. The first-order valence-corrected chi connectivity index (χ1v) is 8.82. The standard InChI is InChI=1S/C13H18F5NOSi/c1-6(2)21(20,7(3)4)5-19-13-11(17)9(15)8(14)10(16)12(13)18/h6-7,19-20H,5H2,1-4H3. The van der Waals surface area contributed by atoms with E-state index in [0.29, 0.717) is 0 Å². The van der Waals surface area contributed by atoms with Crippen LogP contribution in [0.25, 0.3) is 0 Å². The van der Waals surface area contributed by atoms with E-state index in [1.54, 1.807) is 27.7 Å². The maximum Gasteiger partial charge on any atom is 0.212 e. The van der Waals surface area contributed by atoms with Gasteiger partial charge in [0.15, 0.2) is 23.3 Å². The molecule has 0 fully saturated rings. The number of anilines is 1. The maximum absolute atomic E-state index is 13.5. The van der Waals surface area contributed by atoms with Crippen LogP contribution in [0.1, 0.15) is 27.7 Å². The average Bonchev–Trinajstić information content (AvgIpc) is 2.42. The number of rotatable bonds is 5. The Labute approximate surface area is 121 Å². The summed E-state index contributed by atoms with van der Waals surface area (Å²) >= 11 is 0. The summed E-state index contributed by atoms with van der Waals surface area (Å²) in [5.74, 6) is -10.0. The molecular weight excluding hydrogens is 309 g/mol. The zero-order valence-electron chi connectivity index (χ0n) is 12.2. The largest absolute Gasteiger partial charge is 0.429 e. The molecule has 0 heterocycles. The molecule has 8 heteroatoms. The van der Waals surface area contributed by atoms with Crippen LogP contribution in [0.3, 0.4) is 0 Å². The molecule has 0 aliphatic carbocycles. The molecule has 120 valence electrons. The quantitative estimate of drug-likeness (QED) is 0.369. The van der Waals surface area contributed by atoms with Crippen molar-refractivity contribution in [3.8, 4) is 0 Å². The van der Waals surface area contributed by atoms with E-state index in [9.17, 15) is 26.7 Å². The Kier molecular flexibility index (Phi) is 5.38. The molecule has 0 aromatic heterocycles. The summed E-state index contributed by atoms with van der Waals surface area (Å²) < 4.78 is 66.2. The highest BCUT2D eigenvalue weighted by atomic mass is 28.4. The Morgan fingerprint density at radius 1 is 0.810 bits per heavy atom. The van der Waals surface area contributed by atoms with Crippen molar-refractivity contribution < 1.29 is 26.7 Å². The van der Waals surface area contributed by atoms with E-state index < -0.39 is 43.1 Å². The molecule has 0 radical (unpaired) electrons. The zero-order chi connectivity index (χ0) is 16.5. The molecule has 2 N–H and O–H groups in total. The Balaban J connectivity index is 3.16. The van der Waals surface area contributed by atoms with Gasteiger partial charge in [0, 0.05) is 6.17 Å². The monoisotopic (exact) mass is 327 g/mol. The first-order valence-electron chi connectivity index (χ1n) is 6.51. The molecule has 0 aliphatic heterocycles. The molecule has 21 heavy (non-hydrogen) atoms. The average molecular weight is 327 g/mol. The fourth-order valence-electron chi connectivity index (χ4n) is 2.06. The molecule has 0 amide bonds. The molecular formula is C13H18F5NOSi. The number of hydrogen-bond donors (Lipinski definition) is 2. The first kappa shape index (κ1) is 17.9. The minimum atomic E-state index is -2.96. The summed E-state index contributed by atoms with van der Waals surface area (Å²) in [6, 6.07) is 0. The summed E-state index contributed by atoms with van der Waals surface area (Å²) in [5.41, 5.74) is -1.39. The van der Waals surface area contributed by atoms with Gasteiger partial charge in [-0.2, -0.15) is 0 Å². The van der Waals surface area contributed by atoms with Crippen LogP contribution >= 0.6 is 0 Å². The van der Waals surface area contributed by atoms with Crippen molar-refractivity contribution in [2.45, 2.75) is 38.8 Å². The van der Waals surface area contributed by atoms with Gasteiger partial charge >= 0.3 is 0 Å². The second-order valence-electron chi connectivity index (χ2n) is 5.60. The lowest BCUT2D eigenvalue weighted by Crippen LogP contribution is -2.48. The van der Waals surface area contributed by atoms with E-state index in [-0.39, 0.29) is 17.3 Å². The number of nitrogens with one attached hydrogen (secondary N) is 1. The van der Waals surface area contributed by atoms with Crippen LogP contribution in [-0.4, -0.2) is 19.3 Å². The van der Waals surface area contributed by atoms with E-state index in [4.69, 9.17) is 0 Å². The fourth-order valence-corrected chi connectivity index (χ4v) is 4.67. The SMILES string of the molecule is CC(C)[Si](O)(CNc1c(F)c(F)c(F)c(F)c1F)C(C)C. The molecule has 0 atom stereocenters. The molecule has 0 bridgehead atoms. The first-order chi connectivity index (χ1) is 9.54. The molecule has 1 aromatic carbocycles. The lowest BCUT2D eigenvalue weighted by molar-refractivity contribution is 0.381. The van der Waals surface area contributed by atoms with E-state index in [2.05, 4.69) is 5.32 Å². The summed E-state index contributed by atoms with van der Waals surface area (Å²) in [4.78, 5) is 10.6. The third-order valence-corrected chi connectivity index (χ3v) is 8.50. The molecule has 2 nitrogen and oxygen atoms in total. The van der Waals surface area contributed by atoms with Crippen LogP contribution in [0.15, 0.2) is 0 Å². The molecule has 1 aromatic rings. The molecule has 0 spiro atoms. The Morgan fingerprint density at radius 2 is 1.14 bits per heavy atom. The molecule has 0 saturated heterocycles. The number of halogens is 5. The lowest BCUT2D eigenvalue weighted by atomic mass is 10.2. The van der Waals surface area contributed by atoms with Crippen LogP contribution in [0.4, 0.5) is 27.6 Å². The minimum Gasteiger partial charge on any atom is -0.429 e. The van der Waals surface area contributed by atoms with Gasteiger partial charge < -0.3 is 10.1 Å². The number of benzene rings is 1. The van der Waals surface area contributed by atoms with E-state index in [1.165, 1.54) is 0 Å². The summed E-state index contributed by atoms with van der Waals surface area (Å²) in [7, 11) is -2.96. The second-order valence-corrected chi connectivity index (χ2v) is 10.2. The second kappa shape index (κ2) is 6.31. The van der Waals surface area contributed by atoms with Gasteiger partial charge in [0.2, 0.25) is 14.1 Å². The Morgan fingerprint density at radius 3 is 1.48 bits per heavy atom. The van der Waals surface area contributed by atoms with Gasteiger partial charge in [-0.25, -0.2) is 22.0 Å². The number of hydrogen-bond acceptors (Lipinski definition) is 2. The van der Waals surface area contributed by atoms with Crippen LogP contribution in [0.2, 0.25) is 11.1 Å². The fraction of sp³-hybridized carbons (Fsp3) is 0.538. The van der Waals surface area contributed by atoms with E-state index in [0.717, 1.165) is 0 Å². The van der Waals surface area contributed by atoms with Crippen molar-refractivity contribution >= 4 is 14.0 Å². The van der Waals surface area contributed by atoms with Crippen molar-refractivity contribution in [2.24, 2.45) is 0 Å². The molecule has 1 rings (SSSR count). The van der Waals surface area contributed by atoms with E-state index >= 15 is 0 Å². The topological polar surface area (TPSA) is 32.3 Å². The predicted molar refractivity (Wildman–Crippen MR) is 72.9 cm³/mol. The van der Waals surface area contributed by atoms with Crippen molar-refractivity contribution in [1.82, 2.24) is 0 Å². The highest BCUT2D eigenvalue weighted by Gasteiger charge is 2.39. The van der Waals surface area contributed by atoms with Crippen LogP contribution in [-0.2, 0) is 0 Å². The van der Waals surface area contributed by atoms with Crippen LogP contribution in [0.5, 0.6) is 0 Å². The molecule has 0 aliphatic rings. The van der Waals surface area contributed by atoms with Gasteiger partial charge in [0.05, 0.1) is 0 Å². The Bertz CT molecular complexity index is 499. The third kappa shape index (κ3) is 3.21. The van der Waals surface area contributed by atoms with Crippen molar-refractivity contribution in [3.05, 3.63) is 29.1 Å². The van der Waals surface area contributed by atoms with Crippen LogP contribution in [0, 0.1) is 29.1 Å². The summed E-state index contributed by atoms with van der Waals surface area (Å²) in [6.45, 7) is 7.03. The van der Waals surface area contributed by atoms with Gasteiger partial charge in [-0.15, -0.1) is 0 Å². The normalized spacial score (nSPS) is 12.4. The third-order valence-electron chi connectivity index (χ3n) is 3.76. The van der Waals surface area contributed by atoms with Gasteiger partial charge in [-0.1, -0.05) is 27.7 Å². The van der Waals surface area contributed by atoms with Gasteiger partial charge in [-0.3, -0.25) is 0 Å². The maximum atomic E-state index is 13.5. The highest BCUT2D eigenvalue weighted by Crippen LogP contribution is 2.32. The van der Waals surface area contributed by atoms with Gasteiger partial charge in [0.25, 0.3) is 0 Å². The van der Waals surface area contributed by atoms with Crippen molar-refractivity contribution in [2.75, 3.05) is 11.5 Å². The molecule has 0 saturated carbocycles. The minimum absolute atomic E-state index is 0.147. The van der Waals surface area contributed by atoms with Crippen LogP contribution < -0.4 is 5.32 Å². The Hall–Kier alpha value is -1.15. The zero-order valence-corrected chi connectivity index (χ0v) is 13.2. The summed E-state index contributed by atoms with van der Waals surface area (Å²) in [5, 5.41) is 2.21. The highest BCUT2D eigenvalue weighted by molar-refractivity contribution is 6.75. The van der Waals surface area contributed by atoms with E-state index in [1.807, 2.05) is 0 Å².